The Morgan fingerprint density at radius 1 is 1.36 bits per heavy atom. The zero-order valence-electron chi connectivity index (χ0n) is 7.21. The van der Waals surface area contributed by atoms with Gasteiger partial charge in [-0.25, -0.2) is 4.99 Å². The van der Waals surface area contributed by atoms with E-state index in [1.807, 2.05) is 24.3 Å². The summed E-state index contributed by atoms with van der Waals surface area (Å²) < 4.78 is 0. The van der Waals surface area contributed by atoms with Gasteiger partial charge in [0.1, 0.15) is 5.88 Å². The van der Waals surface area contributed by atoms with E-state index in [1.54, 1.807) is 0 Å². The Hall–Kier alpha value is -0.770. The lowest BCUT2D eigenvalue weighted by Gasteiger charge is -2.05. The van der Waals surface area contributed by atoms with Gasteiger partial charge < -0.3 is 4.84 Å². The summed E-state index contributed by atoms with van der Waals surface area (Å²) in [7, 11) is 0. The molecule has 0 saturated heterocycles. The van der Waals surface area contributed by atoms with Crippen LogP contribution in [-0.2, 0) is 4.84 Å². The average molecular weight is 231 g/mol. The minimum absolute atomic E-state index is 0.180. The Labute approximate surface area is 91.6 Å². The SMILES string of the molecule is ClCC1=NC(c2ccc(Cl)cc2)NO1. The molecular formula is C9H8Cl2N2O. The van der Waals surface area contributed by atoms with Gasteiger partial charge in [0, 0.05) is 5.02 Å². The lowest BCUT2D eigenvalue weighted by atomic mass is 10.2. The highest BCUT2D eigenvalue weighted by atomic mass is 35.5. The molecule has 0 aromatic heterocycles. The summed E-state index contributed by atoms with van der Waals surface area (Å²) in [6.07, 6.45) is -0.180. The van der Waals surface area contributed by atoms with E-state index in [9.17, 15) is 0 Å². The van der Waals surface area contributed by atoms with Crippen LogP contribution >= 0.6 is 23.2 Å². The standard InChI is InChI=1S/C9H8Cl2N2O/c10-5-8-12-9(13-14-8)6-1-3-7(11)4-2-6/h1-4,9,13H,5H2. The Balaban J connectivity index is 2.17. The molecule has 0 saturated carbocycles. The minimum atomic E-state index is -0.180. The van der Waals surface area contributed by atoms with Crippen LogP contribution in [0.15, 0.2) is 29.3 Å². The van der Waals surface area contributed by atoms with Crippen LogP contribution in [0.4, 0.5) is 0 Å². The van der Waals surface area contributed by atoms with E-state index >= 15 is 0 Å². The Kier molecular flexibility index (Phi) is 2.91. The Bertz CT molecular complexity index is 350. The number of hydrogen-bond acceptors (Lipinski definition) is 3. The Morgan fingerprint density at radius 2 is 2.07 bits per heavy atom. The maximum atomic E-state index is 5.77. The number of nitrogens with one attached hydrogen (secondary N) is 1. The molecule has 0 bridgehead atoms. The predicted molar refractivity (Wildman–Crippen MR) is 56.6 cm³/mol. The number of halogens is 2. The van der Waals surface area contributed by atoms with Crippen LogP contribution in [0, 0.1) is 0 Å². The molecule has 1 unspecified atom stereocenters. The number of nitrogens with zero attached hydrogens (tertiary/aromatic N) is 1. The molecule has 0 radical (unpaired) electrons. The number of alkyl halides is 1. The molecule has 1 aromatic rings. The van der Waals surface area contributed by atoms with Gasteiger partial charge in [-0.05, 0) is 17.7 Å². The average Bonchev–Trinajstić information content (AvgIpc) is 2.67. The van der Waals surface area contributed by atoms with Crippen molar-refractivity contribution < 1.29 is 4.84 Å². The number of hydroxylamine groups is 1. The zero-order valence-corrected chi connectivity index (χ0v) is 8.72. The number of benzene rings is 1. The normalized spacial score (nSPS) is 20.4. The monoisotopic (exact) mass is 230 g/mol. The third kappa shape index (κ3) is 2.00. The number of aliphatic imine (C=N–C) groups is 1. The zero-order chi connectivity index (χ0) is 9.97. The molecule has 1 aliphatic heterocycles. The number of rotatable bonds is 2. The molecule has 0 amide bonds. The topological polar surface area (TPSA) is 33.6 Å². The first-order valence-electron chi connectivity index (χ1n) is 4.10. The van der Waals surface area contributed by atoms with Crippen molar-refractivity contribution in [3.05, 3.63) is 34.9 Å². The van der Waals surface area contributed by atoms with E-state index in [0.717, 1.165) is 5.56 Å². The molecule has 74 valence electrons. The summed E-state index contributed by atoms with van der Waals surface area (Å²) in [5, 5.41) is 0.703. The third-order valence-electron chi connectivity index (χ3n) is 1.86. The van der Waals surface area contributed by atoms with Crippen molar-refractivity contribution in [3.63, 3.8) is 0 Å². The van der Waals surface area contributed by atoms with Crippen molar-refractivity contribution in [1.29, 1.82) is 0 Å². The second kappa shape index (κ2) is 4.17. The summed E-state index contributed by atoms with van der Waals surface area (Å²) in [4.78, 5) is 9.25. The minimum Gasteiger partial charge on any atom is -0.390 e. The van der Waals surface area contributed by atoms with Crippen LogP contribution in [0.2, 0.25) is 5.02 Å². The summed E-state index contributed by atoms with van der Waals surface area (Å²) in [6, 6.07) is 7.41. The second-order valence-corrected chi connectivity index (χ2v) is 3.53. The molecular weight excluding hydrogens is 223 g/mol. The molecule has 1 heterocycles. The van der Waals surface area contributed by atoms with E-state index in [4.69, 9.17) is 28.0 Å². The molecule has 0 fully saturated rings. The van der Waals surface area contributed by atoms with Gasteiger partial charge in [0.05, 0.1) is 0 Å². The van der Waals surface area contributed by atoms with Gasteiger partial charge in [-0.2, -0.15) is 0 Å². The van der Waals surface area contributed by atoms with Crippen molar-refractivity contribution >= 4 is 29.1 Å². The molecule has 2 rings (SSSR count). The molecule has 1 atom stereocenters. The van der Waals surface area contributed by atoms with Gasteiger partial charge in [0.25, 0.3) is 0 Å². The molecule has 0 spiro atoms. The van der Waals surface area contributed by atoms with Crippen molar-refractivity contribution in [2.24, 2.45) is 4.99 Å². The van der Waals surface area contributed by atoms with Gasteiger partial charge in [0.15, 0.2) is 6.17 Å². The van der Waals surface area contributed by atoms with Crippen LogP contribution in [-0.4, -0.2) is 11.8 Å². The van der Waals surface area contributed by atoms with Crippen LogP contribution in [0.5, 0.6) is 0 Å². The van der Waals surface area contributed by atoms with Gasteiger partial charge >= 0.3 is 0 Å². The van der Waals surface area contributed by atoms with Crippen LogP contribution in [0.25, 0.3) is 0 Å². The molecule has 0 aliphatic carbocycles. The quantitative estimate of drug-likeness (QED) is 0.793. The van der Waals surface area contributed by atoms with Crippen molar-refractivity contribution in [2.75, 3.05) is 5.88 Å². The van der Waals surface area contributed by atoms with Crippen molar-refractivity contribution in [3.8, 4) is 0 Å². The van der Waals surface area contributed by atoms with E-state index < -0.39 is 0 Å². The van der Waals surface area contributed by atoms with E-state index in [1.165, 1.54) is 0 Å². The largest absolute Gasteiger partial charge is 0.390 e. The van der Waals surface area contributed by atoms with Crippen LogP contribution in [0.1, 0.15) is 11.7 Å². The first-order valence-corrected chi connectivity index (χ1v) is 5.01. The highest BCUT2D eigenvalue weighted by molar-refractivity contribution is 6.30. The van der Waals surface area contributed by atoms with Gasteiger partial charge in [-0.15, -0.1) is 17.1 Å². The smallest absolute Gasteiger partial charge is 0.226 e. The molecule has 1 aliphatic rings. The lowest BCUT2D eigenvalue weighted by molar-refractivity contribution is 0.179. The summed E-state index contributed by atoms with van der Waals surface area (Å²) in [6.45, 7) is 0. The molecule has 1 aromatic carbocycles. The summed E-state index contributed by atoms with van der Waals surface area (Å²) in [5.41, 5.74) is 3.76. The second-order valence-electron chi connectivity index (χ2n) is 2.83. The van der Waals surface area contributed by atoms with E-state index in [0.29, 0.717) is 10.9 Å². The summed E-state index contributed by atoms with van der Waals surface area (Å²) >= 11 is 11.3. The van der Waals surface area contributed by atoms with Crippen molar-refractivity contribution in [1.82, 2.24) is 5.48 Å². The number of hydrogen-bond donors (Lipinski definition) is 1. The molecule has 3 nitrogen and oxygen atoms in total. The fourth-order valence-electron chi connectivity index (χ4n) is 1.17. The molecule has 1 N–H and O–H groups in total. The maximum Gasteiger partial charge on any atom is 0.226 e. The van der Waals surface area contributed by atoms with Gasteiger partial charge in [0.2, 0.25) is 5.90 Å². The van der Waals surface area contributed by atoms with Gasteiger partial charge in [-0.3, -0.25) is 0 Å². The maximum absolute atomic E-state index is 5.77. The first kappa shape index (κ1) is 9.77. The molecule has 5 heteroatoms. The van der Waals surface area contributed by atoms with Crippen LogP contribution < -0.4 is 5.48 Å². The first-order chi connectivity index (χ1) is 6.79. The third-order valence-corrected chi connectivity index (χ3v) is 2.34. The fourth-order valence-corrected chi connectivity index (χ4v) is 1.42. The predicted octanol–water partition coefficient (Wildman–Crippen LogP) is 2.51. The van der Waals surface area contributed by atoms with Crippen molar-refractivity contribution in [2.45, 2.75) is 6.17 Å². The van der Waals surface area contributed by atoms with E-state index in [-0.39, 0.29) is 12.0 Å². The molecule has 14 heavy (non-hydrogen) atoms. The highest BCUT2D eigenvalue weighted by Gasteiger charge is 2.18. The summed E-state index contributed by atoms with van der Waals surface area (Å²) in [5.74, 6) is 0.781. The highest BCUT2D eigenvalue weighted by Crippen LogP contribution is 2.20. The van der Waals surface area contributed by atoms with Crippen LogP contribution in [0.3, 0.4) is 0 Å². The van der Waals surface area contributed by atoms with Gasteiger partial charge in [-0.1, -0.05) is 23.7 Å². The fraction of sp³-hybridized carbons (Fsp3) is 0.222. The van der Waals surface area contributed by atoms with E-state index in [2.05, 4.69) is 10.5 Å². The Morgan fingerprint density at radius 3 is 2.64 bits per heavy atom. The lowest BCUT2D eigenvalue weighted by Crippen LogP contribution is -2.14.